The van der Waals surface area contributed by atoms with E-state index in [1.807, 2.05) is 37.3 Å². The average molecular weight is 379 g/mol. The minimum absolute atomic E-state index is 0.244. The first kappa shape index (κ1) is 18.8. The lowest BCUT2D eigenvalue weighted by atomic mass is 9.90. The quantitative estimate of drug-likeness (QED) is 0.444. The van der Waals surface area contributed by atoms with Crippen molar-refractivity contribution in [1.29, 1.82) is 0 Å². The minimum Gasteiger partial charge on any atom is -0.287 e. The van der Waals surface area contributed by atoms with E-state index in [1.54, 1.807) is 19.2 Å². The van der Waals surface area contributed by atoms with E-state index >= 15 is 0 Å². The molecule has 0 spiro atoms. The fourth-order valence-electron chi connectivity index (χ4n) is 3.85. The monoisotopic (exact) mass is 379 g/mol. The second-order valence-electron chi connectivity index (χ2n) is 7.09. The van der Waals surface area contributed by atoms with E-state index in [2.05, 4.69) is 48.0 Å². The highest BCUT2D eigenvalue weighted by Crippen LogP contribution is 2.21. The van der Waals surface area contributed by atoms with Crippen LogP contribution in [0.15, 0.2) is 89.9 Å². The predicted octanol–water partition coefficient (Wildman–Crippen LogP) is 5.02. The standard InChI is InChI=1S/C27H22FN/c1-18-17-22(28)14-16-23(18)27(29-3)26(21-10-5-4-6-11-21)25-15-13-20-9-7-8-12-24(20)19(25)2/h4-17H,2H2,1,3H3/b26-25-,29-27?. The van der Waals surface area contributed by atoms with Crippen molar-refractivity contribution >= 4 is 28.6 Å². The minimum atomic E-state index is -0.244. The van der Waals surface area contributed by atoms with Gasteiger partial charge in [-0.05, 0) is 57.5 Å². The van der Waals surface area contributed by atoms with Gasteiger partial charge in [0, 0.05) is 18.2 Å². The molecule has 0 saturated carbocycles. The fraction of sp³-hybridized carbons (Fsp3) is 0.0741. The third-order valence-corrected chi connectivity index (χ3v) is 5.28. The van der Waals surface area contributed by atoms with Gasteiger partial charge in [-0.3, -0.25) is 4.99 Å². The van der Waals surface area contributed by atoms with Crippen LogP contribution in [0.1, 0.15) is 16.7 Å². The van der Waals surface area contributed by atoms with Crippen LogP contribution in [0.3, 0.4) is 0 Å². The lowest BCUT2D eigenvalue weighted by molar-refractivity contribution is 0.626. The summed E-state index contributed by atoms with van der Waals surface area (Å²) in [7, 11) is 1.78. The van der Waals surface area contributed by atoms with E-state index < -0.39 is 0 Å². The molecule has 0 aliphatic rings. The van der Waals surface area contributed by atoms with Gasteiger partial charge in [-0.1, -0.05) is 73.3 Å². The number of rotatable bonds is 3. The summed E-state index contributed by atoms with van der Waals surface area (Å²) in [5.41, 5.74) is 4.65. The zero-order chi connectivity index (χ0) is 20.4. The van der Waals surface area contributed by atoms with E-state index in [1.165, 1.54) is 6.07 Å². The van der Waals surface area contributed by atoms with Crippen molar-refractivity contribution < 1.29 is 4.39 Å². The first-order valence-corrected chi connectivity index (χ1v) is 9.60. The largest absolute Gasteiger partial charge is 0.287 e. The Morgan fingerprint density at radius 3 is 2.31 bits per heavy atom. The van der Waals surface area contributed by atoms with Crippen molar-refractivity contribution in [2.75, 3.05) is 7.05 Å². The molecule has 0 atom stereocenters. The Morgan fingerprint density at radius 1 is 0.862 bits per heavy atom. The van der Waals surface area contributed by atoms with Gasteiger partial charge in [0.1, 0.15) is 5.82 Å². The maximum absolute atomic E-state index is 13.7. The van der Waals surface area contributed by atoms with Gasteiger partial charge < -0.3 is 0 Å². The Labute approximate surface area is 170 Å². The molecule has 0 saturated heterocycles. The summed E-state index contributed by atoms with van der Waals surface area (Å²) in [5, 5.41) is 4.26. The Bertz CT molecular complexity index is 1330. The number of hydrogen-bond acceptors (Lipinski definition) is 1. The third-order valence-electron chi connectivity index (χ3n) is 5.28. The molecule has 142 valence electrons. The molecular weight excluding hydrogens is 357 g/mol. The van der Waals surface area contributed by atoms with Crippen LogP contribution in [0.2, 0.25) is 0 Å². The molecule has 0 fully saturated rings. The molecular formula is C27H22FN. The van der Waals surface area contributed by atoms with Gasteiger partial charge in [0.05, 0.1) is 5.71 Å². The zero-order valence-electron chi connectivity index (χ0n) is 16.6. The first-order valence-electron chi connectivity index (χ1n) is 9.60. The van der Waals surface area contributed by atoms with Crippen molar-refractivity contribution in [3.05, 3.63) is 118 Å². The van der Waals surface area contributed by atoms with Gasteiger partial charge >= 0.3 is 0 Å². The molecule has 0 aromatic heterocycles. The molecule has 0 amide bonds. The summed E-state index contributed by atoms with van der Waals surface area (Å²) in [6, 6.07) is 27.5. The van der Waals surface area contributed by atoms with Crippen LogP contribution in [-0.4, -0.2) is 12.8 Å². The molecule has 0 N–H and O–H groups in total. The second kappa shape index (κ2) is 7.84. The van der Waals surface area contributed by atoms with Crippen molar-refractivity contribution in [2.45, 2.75) is 6.92 Å². The third kappa shape index (κ3) is 3.50. The number of aryl methyl sites for hydroxylation is 1. The molecule has 0 aliphatic carbocycles. The molecule has 0 heterocycles. The average Bonchev–Trinajstić information content (AvgIpc) is 2.74. The Hall–Kier alpha value is -3.52. The van der Waals surface area contributed by atoms with Crippen LogP contribution >= 0.6 is 0 Å². The Kier molecular flexibility index (Phi) is 5.09. The van der Waals surface area contributed by atoms with Crippen molar-refractivity contribution in [1.82, 2.24) is 0 Å². The summed E-state index contributed by atoms with van der Waals surface area (Å²) in [6.07, 6.45) is 0. The molecule has 4 aromatic rings. The lowest BCUT2D eigenvalue weighted by Gasteiger charge is -2.15. The maximum atomic E-state index is 13.7. The summed E-state index contributed by atoms with van der Waals surface area (Å²) in [5.74, 6) is -0.244. The summed E-state index contributed by atoms with van der Waals surface area (Å²) in [4.78, 5) is 4.65. The lowest BCUT2D eigenvalue weighted by Crippen LogP contribution is -2.30. The highest BCUT2D eigenvalue weighted by Gasteiger charge is 2.16. The number of aliphatic imine (C=N–C) groups is 1. The van der Waals surface area contributed by atoms with Crippen molar-refractivity contribution in [2.24, 2.45) is 4.99 Å². The van der Waals surface area contributed by atoms with Crippen LogP contribution in [0.5, 0.6) is 0 Å². The molecule has 1 nitrogen and oxygen atoms in total. The van der Waals surface area contributed by atoms with E-state index in [-0.39, 0.29) is 5.82 Å². The van der Waals surface area contributed by atoms with E-state index in [9.17, 15) is 4.39 Å². The Morgan fingerprint density at radius 2 is 1.59 bits per heavy atom. The number of fused-ring (bicyclic) bond motifs is 1. The van der Waals surface area contributed by atoms with Gasteiger partial charge in [0.15, 0.2) is 0 Å². The summed E-state index contributed by atoms with van der Waals surface area (Å²) in [6.45, 7) is 6.32. The van der Waals surface area contributed by atoms with Crippen LogP contribution in [0, 0.1) is 12.7 Å². The van der Waals surface area contributed by atoms with Gasteiger partial charge in [0.2, 0.25) is 0 Å². The molecule has 0 unspecified atom stereocenters. The maximum Gasteiger partial charge on any atom is 0.123 e. The number of benzene rings is 4. The smallest absolute Gasteiger partial charge is 0.123 e. The number of nitrogens with zero attached hydrogens (tertiary/aromatic N) is 1. The Balaban J connectivity index is 2.13. The van der Waals surface area contributed by atoms with Crippen LogP contribution in [0.25, 0.3) is 22.9 Å². The fourth-order valence-corrected chi connectivity index (χ4v) is 3.85. The molecule has 2 heteroatoms. The number of hydrogen-bond donors (Lipinski definition) is 0. The first-order chi connectivity index (χ1) is 14.1. The van der Waals surface area contributed by atoms with Crippen LogP contribution in [0.4, 0.5) is 4.39 Å². The normalized spacial score (nSPS) is 12.9. The van der Waals surface area contributed by atoms with E-state index in [0.717, 1.165) is 49.2 Å². The van der Waals surface area contributed by atoms with Gasteiger partial charge in [-0.25, -0.2) is 4.39 Å². The molecule has 0 aliphatic heterocycles. The topological polar surface area (TPSA) is 12.4 Å². The van der Waals surface area contributed by atoms with Crippen molar-refractivity contribution in [3.8, 4) is 0 Å². The zero-order valence-corrected chi connectivity index (χ0v) is 16.6. The SMILES string of the molecule is C=c1/c(=C(\C(=NC)c2ccc(F)cc2C)c2ccccc2)ccc2ccccc12. The predicted molar refractivity (Wildman–Crippen MR) is 121 cm³/mol. The van der Waals surface area contributed by atoms with E-state index in [0.29, 0.717) is 0 Å². The van der Waals surface area contributed by atoms with Crippen LogP contribution < -0.4 is 10.4 Å². The molecule has 4 aromatic carbocycles. The second-order valence-corrected chi connectivity index (χ2v) is 7.09. The molecule has 4 rings (SSSR count). The van der Waals surface area contributed by atoms with Gasteiger partial charge in [0.25, 0.3) is 0 Å². The van der Waals surface area contributed by atoms with E-state index in [4.69, 9.17) is 0 Å². The molecule has 29 heavy (non-hydrogen) atoms. The highest BCUT2D eigenvalue weighted by molar-refractivity contribution is 6.32. The van der Waals surface area contributed by atoms with Crippen molar-refractivity contribution in [3.63, 3.8) is 0 Å². The molecule has 0 bridgehead atoms. The van der Waals surface area contributed by atoms with Gasteiger partial charge in [-0.2, -0.15) is 0 Å². The highest BCUT2D eigenvalue weighted by atomic mass is 19.1. The number of halogens is 1. The van der Waals surface area contributed by atoms with Crippen LogP contribution in [-0.2, 0) is 0 Å². The molecule has 0 radical (unpaired) electrons. The summed E-state index contributed by atoms with van der Waals surface area (Å²) >= 11 is 0. The summed E-state index contributed by atoms with van der Waals surface area (Å²) < 4.78 is 13.7. The van der Waals surface area contributed by atoms with Gasteiger partial charge in [-0.15, -0.1) is 0 Å².